The minimum absolute atomic E-state index is 0.00226. The Balaban J connectivity index is 1.89. The van der Waals surface area contributed by atoms with Gasteiger partial charge in [-0.3, -0.25) is 4.79 Å². The number of anilines is 2. The molecule has 0 bridgehead atoms. The Bertz CT molecular complexity index is 826. The van der Waals surface area contributed by atoms with Crippen LogP contribution in [0.4, 0.5) is 11.4 Å². The summed E-state index contributed by atoms with van der Waals surface area (Å²) >= 11 is 0. The molecule has 4 heteroatoms. The number of hydrogen-bond donors (Lipinski definition) is 3. The van der Waals surface area contributed by atoms with E-state index in [1.54, 1.807) is 12.1 Å². The molecule has 0 unspecified atom stereocenters. The van der Waals surface area contributed by atoms with E-state index in [0.717, 1.165) is 11.1 Å². The maximum absolute atomic E-state index is 12.3. The first kappa shape index (κ1) is 13.9. The third kappa shape index (κ3) is 2.59. The highest BCUT2D eigenvalue weighted by Gasteiger charge is 2.13. The molecule has 3 N–H and O–H groups in total. The Morgan fingerprint density at radius 2 is 1.59 bits per heavy atom. The van der Waals surface area contributed by atoms with Crippen LogP contribution in [0.25, 0.3) is 10.8 Å². The van der Waals surface area contributed by atoms with Crippen molar-refractivity contribution >= 4 is 28.1 Å². The van der Waals surface area contributed by atoms with Crippen molar-refractivity contribution in [2.45, 2.75) is 0 Å². The number of nitrogens with one attached hydrogen (secondary N) is 2. The van der Waals surface area contributed by atoms with Crippen LogP contribution in [0.1, 0.15) is 10.4 Å². The van der Waals surface area contributed by atoms with Crippen LogP contribution < -0.4 is 10.6 Å². The molecule has 1 amide bonds. The van der Waals surface area contributed by atoms with Crippen LogP contribution in [0.3, 0.4) is 0 Å². The van der Waals surface area contributed by atoms with Crippen LogP contribution in [-0.4, -0.2) is 18.1 Å². The molecule has 0 spiro atoms. The van der Waals surface area contributed by atoms with Crippen LogP contribution in [0.5, 0.6) is 5.75 Å². The molecule has 0 aliphatic rings. The van der Waals surface area contributed by atoms with Crippen LogP contribution in [-0.2, 0) is 0 Å². The van der Waals surface area contributed by atoms with E-state index in [0.29, 0.717) is 11.1 Å². The summed E-state index contributed by atoms with van der Waals surface area (Å²) in [6, 6.07) is 18.2. The first-order valence-corrected chi connectivity index (χ1v) is 6.99. The van der Waals surface area contributed by atoms with E-state index >= 15 is 0 Å². The van der Waals surface area contributed by atoms with E-state index in [2.05, 4.69) is 10.6 Å². The van der Waals surface area contributed by atoms with Gasteiger partial charge in [0, 0.05) is 23.8 Å². The molecule has 3 aromatic carbocycles. The molecule has 110 valence electrons. The second kappa shape index (κ2) is 5.77. The number of fused-ring (bicyclic) bond motifs is 1. The molecule has 0 fully saturated rings. The highest BCUT2D eigenvalue weighted by atomic mass is 16.3. The van der Waals surface area contributed by atoms with Gasteiger partial charge >= 0.3 is 0 Å². The van der Waals surface area contributed by atoms with Crippen molar-refractivity contribution in [3.8, 4) is 5.75 Å². The van der Waals surface area contributed by atoms with Gasteiger partial charge < -0.3 is 15.7 Å². The molecule has 0 aliphatic heterocycles. The number of carbonyl (C=O) groups excluding carboxylic acids is 1. The van der Waals surface area contributed by atoms with Gasteiger partial charge in [0.25, 0.3) is 5.91 Å². The van der Waals surface area contributed by atoms with Gasteiger partial charge in [-0.05, 0) is 35.7 Å². The third-order valence-corrected chi connectivity index (χ3v) is 3.58. The van der Waals surface area contributed by atoms with E-state index in [-0.39, 0.29) is 17.2 Å². The fraction of sp³-hybridized carbons (Fsp3) is 0.0556. The summed E-state index contributed by atoms with van der Waals surface area (Å²) in [5.74, 6) is -0.331. The first-order chi connectivity index (χ1) is 10.7. The lowest BCUT2D eigenvalue weighted by Gasteiger charge is -2.09. The molecule has 0 atom stereocenters. The van der Waals surface area contributed by atoms with Crippen LogP contribution in [0.15, 0.2) is 60.7 Å². The van der Waals surface area contributed by atoms with Gasteiger partial charge in [0.1, 0.15) is 5.75 Å². The first-order valence-electron chi connectivity index (χ1n) is 6.99. The monoisotopic (exact) mass is 292 g/mol. The summed E-state index contributed by atoms with van der Waals surface area (Å²) in [5, 5.41) is 17.7. The molecule has 0 heterocycles. The number of rotatable bonds is 3. The third-order valence-electron chi connectivity index (χ3n) is 3.58. The Morgan fingerprint density at radius 3 is 2.32 bits per heavy atom. The number of amides is 1. The van der Waals surface area contributed by atoms with E-state index in [1.807, 2.05) is 55.6 Å². The minimum Gasteiger partial charge on any atom is -0.506 e. The van der Waals surface area contributed by atoms with E-state index in [9.17, 15) is 9.90 Å². The van der Waals surface area contributed by atoms with Gasteiger partial charge in [0.15, 0.2) is 0 Å². The summed E-state index contributed by atoms with van der Waals surface area (Å²) in [4.78, 5) is 12.3. The summed E-state index contributed by atoms with van der Waals surface area (Å²) in [6.45, 7) is 0. The lowest BCUT2D eigenvalue weighted by Crippen LogP contribution is -2.12. The van der Waals surface area contributed by atoms with Gasteiger partial charge in [0.2, 0.25) is 0 Å². The summed E-state index contributed by atoms with van der Waals surface area (Å²) < 4.78 is 0. The normalized spacial score (nSPS) is 10.4. The largest absolute Gasteiger partial charge is 0.506 e. The molecule has 22 heavy (non-hydrogen) atoms. The van der Waals surface area contributed by atoms with Gasteiger partial charge in [-0.1, -0.05) is 30.3 Å². The van der Waals surface area contributed by atoms with Crippen molar-refractivity contribution in [3.05, 3.63) is 66.2 Å². The highest BCUT2D eigenvalue weighted by Crippen LogP contribution is 2.29. The summed E-state index contributed by atoms with van der Waals surface area (Å²) in [7, 11) is 1.83. The molecule has 3 rings (SSSR count). The zero-order valence-electron chi connectivity index (χ0n) is 12.1. The average molecular weight is 292 g/mol. The van der Waals surface area contributed by atoms with Crippen molar-refractivity contribution in [1.29, 1.82) is 0 Å². The number of carbonyl (C=O) groups is 1. The standard InChI is InChI=1S/C18H16N2O2/c1-19-13-7-9-14(10-8-13)20-18(22)16-11-6-12-4-2-3-5-15(12)17(16)21/h2-11,19,21H,1H3,(H,20,22). The number of hydrogen-bond acceptors (Lipinski definition) is 3. The molecular weight excluding hydrogens is 276 g/mol. The fourth-order valence-electron chi connectivity index (χ4n) is 2.36. The number of phenolic OH excluding ortho intramolecular Hbond substituents is 1. The zero-order valence-corrected chi connectivity index (χ0v) is 12.1. The maximum Gasteiger partial charge on any atom is 0.259 e. The quantitative estimate of drug-likeness (QED) is 0.687. The molecule has 4 nitrogen and oxygen atoms in total. The molecule has 0 saturated heterocycles. The fourth-order valence-corrected chi connectivity index (χ4v) is 2.36. The lowest BCUT2D eigenvalue weighted by atomic mass is 10.0. The maximum atomic E-state index is 12.3. The number of benzene rings is 3. The van der Waals surface area contributed by atoms with Crippen LogP contribution in [0, 0.1) is 0 Å². The van der Waals surface area contributed by atoms with Gasteiger partial charge in [-0.2, -0.15) is 0 Å². The predicted molar refractivity (Wildman–Crippen MR) is 89.6 cm³/mol. The second-order valence-electron chi connectivity index (χ2n) is 4.96. The van der Waals surface area contributed by atoms with Crippen LogP contribution >= 0.6 is 0 Å². The lowest BCUT2D eigenvalue weighted by molar-refractivity contribution is 0.102. The SMILES string of the molecule is CNc1ccc(NC(=O)c2ccc3ccccc3c2O)cc1. The van der Waals surface area contributed by atoms with E-state index < -0.39 is 0 Å². The molecule has 0 radical (unpaired) electrons. The van der Waals surface area contributed by atoms with E-state index in [1.165, 1.54) is 0 Å². The van der Waals surface area contributed by atoms with Crippen molar-refractivity contribution in [2.75, 3.05) is 17.7 Å². The van der Waals surface area contributed by atoms with Crippen molar-refractivity contribution in [2.24, 2.45) is 0 Å². The molecule has 0 aromatic heterocycles. The Kier molecular flexibility index (Phi) is 3.66. The van der Waals surface area contributed by atoms with Crippen LogP contribution in [0.2, 0.25) is 0 Å². The molecule has 3 aromatic rings. The molecule has 0 saturated carbocycles. The Hall–Kier alpha value is -3.01. The summed E-state index contributed by atoms with van der Waals surface area (Å²) in [6.07, 6.45) is 0. The topological polar surface area (TPSA) is 61.4 Å². The summed E-state index contributed by atoms with van der Waals surface area (Å²) in [5.41, 5.74) is 1.90. The van der Waals surface area contributed by atoms with E-state index in [4.69, 9.17) is 0 Å². The van der Waals surface area contributed by atoms with Crippen molar-refractivity contribution in [1.82, 2.24) is 0 Å². The van der Waals surface area contributed by atoms with Crippen molar-refractivity contribution in [3.63, 3.8) is 0 Å². The van der Waals surface area contributed by atoms with Gasteiger partial charge in [0.05, 0.1) is 5.56 Å². The average Bonchev–Trinajstić information content (AvgIpc) is 2.56. The zero-order chi connectivity index (χ0) is 15.5. The Labute approximate surface area is 128 Å². The Morgan fingerprint density at radius 1 is 0.909 bits per heavy atom. The predicted octanol–water partition coefficient (Wildman–Crippen LogP) is 3.84. The van der Waals surface area contributed by atoms with Gasteiger partial charge in [-0.25, -0.2) is 0 Å². The highest BCUT2D eigenvalue weighted by molar-refractivity contribution is 6.09. The minimum atomic E-state index is -0.333. The van der Waals surface area contributed by atoms with Gasteiger partial charge in [-0.15, -0.1) is 0 Å². The number of phenols is 1. The number of aromatic hydroxyl groups is 1. The molecule has 0 aliphatic carbocycles. The smallest absolute Gasteiger partial charge is 0.259 e. The molecular formula is C18H16N2O2. The second-order valence-corrected chi connectivity index (χ2v) is 4.96. The van der Waals surface area contributed by atoms with Crippen molar-refractivity contribution < 1.29 is 9.90 Å².